The minimum Gasteiger partial charge on any atom is -0.314 e. The molecule has 2 aliphatic carbocycles. The van der Waals surface area contributed by atoms with Gasteiger partial charge < -0.3 is 5.01 Å². The van der Waals surface area contributed by atoms with Crippen molar-refractivity contribution < 1.29 is 0 Å². The van der Waals surface area contributed by atoms with Crippen LogP contribution >= 0.6 is 0 Å². The summed E-state index contributed by atoms with van der Waals surface area (Å²) < 4.78 is 0. The maximum absolute atomic E-state index is 6.06. The number of nitrogens with two attached hydrogens (primary N) is 1. The summed E-state index contributed by atoms with van der Waals surface area (Å²) in [5, 5.41) is 1.98. The standard InChI is InChI=1S/C12H16N2/c13-14-8-2-4-10-7-6-9-3-1-5-11(9)12(10)14/h1,3,5,10H,2,4,6-8,13H2. The number of piperidine rings is 1. The molecule has 74 valence electrons. The van der Waals surface area contributed by atoms with Crippen LogP contribution in [-0.4, -0.2) is 11.6 Å². The van der Waals surface area contributed by atoms with Crippen LogP contribution < -0.4 is 5.84 Å². The van der Waals surface area contributed by atoms with Gasteiger partial charge in [-0.2, -0.15) is 0 Å². The Kier molecular flexibility index (Phi) is 1.77. The third-order valence-electron chi connectivity index (χ3n) is 3.59. The van der Waals surface area contributed by atoms with E-state index >= 15 is 0 Å². The van der Waals surface area contributed by atoms with Gasteiger partial charge in [0.05, 0.1) is 0 Å². The highest BCUT2D eigenvalue weighted by atomic mass is 15.4. The second-order valence-electron chi connectivity index (χ2n) is 4.42. The highest BCUT2D eigenvalue weighted by Gasteiger charge is 2.31. The summed E-state index contributed by atoms with van der Waals surface area (Å²) in [6, 6.07) is 0. The Morgan fingerprint density at radius 2 is 2.29 bits per heavy atom. The highest BCUT2D eigenvalue weighted by Crippen LogP contribution is 2.41. The summed E-state index contributed by atoms with van der Waals surface area (Å²) in [7, 11) is 0. The van der Waals surface area contributed by atoms with Gasteiger partial charge in [-0.15, -0.1) is 0 Å². The first-order valence-corrected chi connectivity index (χ1v) is 5.50. The smallest absolute Gasteiger partial charge is 0.0397 e. The summed E-state index contributed by atoms with van der Waals surface area (Å²) in [5.41, 5.74) is 4.32. The number of rotatable bonds is 0. The van der Waals surface area contributed by atoms with Gasteiger partial charge >= 0.3 is 0 Å². The average Bonchev–Trinajstić information content (AvgIpc) is 2.65. The molecular formula is C12H16N2. The minimum atomic E-state index is 0.726. The topological polar surface area (TPSA) is 29.3 Å². The van der Waals surface area contributed by atoms with Crippen molar-refractivity contribution in [1.29, 1.82) is 0 Å². The Labute approximate surface area is 84.7 Å². The Balaban J connectivity index is 2.08. The molecule has 1 unspecified atom stereocenters. The zero-order chi connectivity index (χ0) is 9.54. The van der Waals surface area contributed by atoms with Crippen molar-refractivity contribution in [3.05, 3.63) is 35.1 Å². The first kappa shape index (κ1) is 8.30. The van der Waals surface area contributed by atoms with Crippen LogP contribution in [0.1, 0.15) is 25.7 Å². The molecule has 1 heterocycles. The number of hydrogen-bond acceptors (Lipinski definition) is 2. The van der Waals surface area contributed by atoms with E-state index in [1.807, 2.05) is 5.01 Å². The van der Waals surface area contributed by atoms with Crippen LogP contribution in [0.3, 0.4) is 0 Å². The van der Waals surface area contributed by atoms with E-state index in [2.05, 4.69) is 18.2 Å². The molecule has 3 aliphatic rings. The molecule has 0 aromatic heterocycles. The first-order chi connectivity index (χ1) is 6.86. The largest absolute Gasteiger partial charge is 0.314 e. The quantitative estimate of drug-likeness (QED) is 0.590. The average molecular weight is 188 g/mol. The highest BCUT2D eigenvalue weighted by molar-refractivity contribution is 5.52. The van der Waals surface area contributed by atoms with Gasteiger partial charge in [0.25, 0.3) is 0 Å². The molecule has 0 amide bonds. The van der Waals surface area contributed by atoms with Crippen LogP contribution in [0.5, 0.6) is 0 Å². The Hall–Kier alpha value is -1.02. The molecule has 2 heteroatoms. The van der Waals surface area contributed by atoms with Crippen LogP contribution in [0, 0.1) is 5.92 Å². The fourth-order valence-corrected chi connectivity index (χ4v) is 2.91. The molecule has 1 atom stereocenters. The van der Waals surface area contributed by atoms with E-state index in [4.69, 9.17) is 5.84 Å². The molecule has 1 aliphatic heterocycles. The van der Waals surface area contributed by atoms with Crippen LogP contribution in [0.25, 0.3) is 0 Å². The van der Waals surface area contributed by atoms with Crippen molar-refractivity contribution in [2.24, 2.45) is 11.8 Å². The molecular weight excluding hydrogens is 172 g/mol. The zero-order valence-electron chi connectivity index (χ0n) is 8.37. The van der Waals surface area contributed by atoms with E-state index < -0.39 is 0 Å². The maximum Gasteiger partial charge on any atom is 0.0397 e. The molecule has 3 rings (SSSR count). The molecule has 14 heavy (non-hydrogen) atoms. The van der Waals surface area contributed by atoms with Gasteiger partial charge in [-0.25, -0.2) is 5.84 Å². The van der Waals surface area contributed by atoms with Crippen LogP contribution in [0.4, 0.5) is 0 Å². The molecule has 0 aromatic carbocycles. The fourth-order valence-electron chi connectivity index (χ4n) is 2.91. The van der Waals surface area contributed by atoms with Crippen molar-refractivity contribution in [2.75, 3.05) is 6.54 Å². The van der Waals surface area contributed by atoms with E-state index in [-0.39, 0.29) is 0 Å². The van der Waals surface area contributed by atoms with Crippen LogP contribution in [0.15, 0.2) is 35.1 Å². The van der Waals surface area contributed by atoms with Crippen molar-refractivity contribution in [3.8, 4) is 0 Å². The second kappa shape index (κ2) is 2.99. The fraction of sp³-hybridized carbons (Fsp3) is 0.500. The molecule has 0 spiro atoms. The molecule has 1 fully saturated rings. The summed E-state index contributed by atoms with van der Waals surface area (Å²) in [6.45, 7) is 1.02. The number of hydrazine groups is 1. The number of nitrogens with zero attached hydrogens (tertiary/aromatic N) is 1. The van der Waals surface area contributed by atoms with Crippen molar-refractivity contribution in [3.63, 3.8) is 0 Å². The van der Waals surface area contributed by atoms with Gasteiger partial charge in [0, 0.05) is 18.2 Å². The number of hydrogen-bond donors (Lipinski definition) is 1. The van der Waals surface area contributed by atoms with E-state index in [0.717, 1.165) is 12.5 Å². The van der Waals surface area contributed by atoms with Gasteiger partial charge in [-0.05, 0) is 36.8 Å². The van der Waals surface area contributed by atoms with Gasteiger partial charge in [0.15, 0.2) is 0 Å². The monoisotopic (exact) mass is 188 g/mol. The molecule has 1 saturated heterocycles. The summed E-state index contributed by atoms with van der Waals surface area (Å²) in [4.78, 5) is 0. The lowest BCUT2D eigenvalue weighted by molar-refractivity contribution is 0.232. The van der Waals surface area contributed by atoms with Gasteiger partial charge in [0.2, 0.25) is 0 Å². The SMILES string of the molecule is NN1CCCC2CCC3=CC=CC3=C21. The van der Waals surface area contributed by atoms with E-state index in [1.54, 1.807) is 0 Å². The van der Waals surface area contributed by atoms with E-state index in [0.29, 0.717) is 0 Å². The Morgan fingerprint density at radius 3 is 3.21 bits per heavy atom. The predicted octanol–water partition coefficient (Wildman–Crippen LogP) is 2.12. The molecule has 0 radical (unpaired) electrons. The summed E-state index contributed by atoms with van der Waals surface area (Å²) in [6.07, 6.45) is 11.7. The molecule has 0 aromatic rings. The lowest BCUT2D eigenvalue weighted by Crippen LogP contribution is -2.40. The molecule has 2 N–H and O–H groups in total. The molecule has 2 nitrogen and oxygen atoms in total. The molecule has 0 saturated carbocycles. The van der Waals surface area contributed by atoms with Gasteiger partial charge in [0.1, 0.15) is 0 Å². The lowest BCUT2D eigenvalue weighted by atomic mass is 9.80. The number of fused-ring (bicyclic) bond motifs is 2. The third kappa shape index (κ3) is 1.07. The van der Waals surface area contributed by atoms with Gasteiger partial charge in [-0.1, -0.05) is 18.2 Å². The predicted molar refractivity (Wildman–Crippen MR) is 57.1 cm³/mol. The van der Waals surface area contributed by atoms with E-state index in [1.165, 1.54) is 42.5 Å². The lowest BCUT2D eigenvalue weighted by Gasteiger charge is -2.38. The summed E-state index contributed by atoms with van der Waals surface area (Å²) >= 11 is 0. The first-order valence-electron chi connectivity index (χ1n) is 5.50. The Morgan fingerprint density at radius 1 is 1.36 bits per heavy atom. The normalized spacial score (nSPS) is 30.2. The van der Waals surface area contributed by atoms with E-state index in [9.17, 15) is 0 Å². The second-order valence-corrected chi connectivity index (χ2v) is 4.42. The maximum atomic E-state index is 6.06. The Bertz CT molecular complexity index is 349. The summed E-state index contributed by atoms with van der Waals surface area (Å²) in [5.74, 6) is 6.79. The number of allylic oxidation sites excluding steroid dienone is 6. The van der Waals surface area contributed by atoms with Crippen molar-refractivity contribution in [1.82, 2.24) is 5.01 Å². The van der Waals surface area contributed by atoms with Crippen LogP contribution in [0.2, 0.25) is 0 Å². The minimum absolute atomic E-state index is 0.726. The zero-order valence-corrected chi connectivity index (χ0v) is 8.37. The van der Waals surface area contributed by atoms with Crippen molar-refractivity contribution in [2.45, 2.75) is 25.7 Å². The third-order valence-corrected chi connectivity index (χ3v) is 3.59. The van der Waals surface area contributed by atoms with Crippen LogP contribution in [-0.2, 0) is 0 Å². The van der Waals surface area contributed by atoms with Gasteiger partial charge in [-0.3, -0.25) is 0 Å². The van der Waals surface area contributed by atoms with Crippen molar-refractivity contribution >= 4 is 0 Å². The molecule has 0 bridgehead atoms.